The van der Waals surface area contributed by atoms with Crippen molar-refractivity contribution in [3.63, 3.8) is 0 Å². The number of aromatic nitrogens is 2. The van der Waals surface area contributed by atoms with Crippen LogP contribution in [0.2, 0.25) is 4.34 Å². The topological polar surface area (TPSA) is 58.4 Å². The number of likely N-dealkylation sites (tertiary alicyclic amines) is 1. The van der Waals surface area contributed by atoms with Gasteiger partial charge in [0.25, 0.3) is 5.91 Å². The van der Waals surface area contributed by atoms with E-state index in [9.17, 15) is 9.59 Å². The molecular weight excluding hydrogens is 336 g/mol. The van der Waals surface area contributed by atoms with Crippen LogP contribution in [0.4, 0.5) is 5.69 Å². The van der Waals surface area contributed by atoms with Gasteiger partial charge in [-0.05, 0) is 18.6 Å². The van der Waals surface area contributed by atoms with Gasteiger partial charge in [-0.15, -0.1) is 11.3 Å². The van der Waals surface area contributed by atoms with Gasteiger partial charge in [0.2, 0.25) is 5.91 Å². The van der Waals surface area contributed by atoms with Crippen molar-refractivity contribution in [3.05, 3.63) is 33.7 Å². The normalized spacial score (nSPS) is 18.6. The van der Waals surface area contributed by atoms with Crippen LogP contribution in [0.15, 0.2) is 24.5 Å². The molecule has 2 aromatic rings. The Hall–Kier alpha value is -1.86. The van der Waals surface area contributed by atoms with Gasteiger partial charge in [0, 0.05) is 32.3 Å². The molecule has 2 aliphatic rings. The summed E-state index contributed by atoms with van der Waals surface area (Å²) in [5.74, 6) is 0.171. The third-order valence-corrected chi connectivity index (χ3v) is 5.50. The SMILES string of the molecule is O=C(c1ccc(Cl)s1)N1CC(n2cc(N3CCCC3=O)cn2)C1. The van der Waals surface area contributed by atoms with E-state index in [0.29, 0.717) is 28.7 Å². The summed E-state index contributed by atoms with van der Waals surface area (Å²) < 4.78 is 2.48. The van der Waals surface area contributed by atoms with E-state index >= 15 is 0 Å². The van der Waals surface area contributed by atoms with Gasteiger partial charge in [0.1, 0.15) is 0 Å². The van der Waals surface area contributed by atoms with Gasteiger partial charge < -0.3 is 9.80 Å². The first-order valence-corrected chi connectivity index (χ1v) is 8.70. The Morgan fingerprint density at radius 1 is 1.35 bits per heavy atom. The molecule has 0 saturated carbocycles. The van der Waals surface area contributed by atoms with Gasteiger partial charge >= 0.3 is 0 Å². The van der Waals surface area contributed by atoms with E-state index in [2.05, 4.69) is 5.10 Å². The molecule has 23 heavy (non-hydrogen) atoms. The van der Waals surface area contributed by atoms with E-state index in [1.54, 1.807) is 28.1 Å². The van der Waals surface area contributed by atoms with Crippen LogP contribution in [0.25, 0.3) is 0 Å². The average molecular weight is 351 g/mol. The van der Waals surface area contributed by atoms with Crippen molar-refractivity contribution in [2.24, 2.45) is 0 Å². The number of anilines is 1. The summed E-state index contributed by atoms with van der Waals surface area (Å²) in [4.78, 5) is 28.3. The van der Waals surface area contributed by atoms with Gasteiger partial charge in [0.05, 0.1) is 27.1 Å². The van der Waals surface area contributed by atoms with Crippen LogP contribution in [-0.2, 0) is 4.79 Å². The van der Waals surface area contributed by atoms with Crippen LogP contribution in [0.1, 0.15) is 28.6 Å². The number of carbonyl (C=O) groups excluding carboxylic acids is 2. The molecule has 0 aromatic carbocycles. The Morgan fingerprint density at radius 3 is 2.83 bits per heavy atom. The standard InChI is InChI=1S/C15H15ClN4O2S/c16-13-4-3-12(23-13)15(22)18-7-11(8-18)20-9-10(6-17-20)19-5-1-2-14(19)21/h3-4,6,9,11H,1-2,5,7-8H2. The van der Waals surface area contributed by atoms with E-state index in [1.807, 2.05) is 10.9 Å². The highest BCUT2D eigenvalue weighted by Crippen LogP contribution is 2.29. The van der Waals surface area contributed by atoms with Crippen molar-refractivity contribution >= 4 is 40.4 Å². The summed E-state index contributed by atoms with van der Waals surface area (Å²) >= 11 is 7.17. The molecule has 0 N–H and O–H groups in total. The van der Waals surface area contributed by atoms with E-state index in [-0.39, 0.29) is 17.9 Å². The molecular formula is C15H15ClN4O2S. The Labute approximate surface area is 142 Å². The molecule has 2 aromatic heterocycles. The third-order valence-electron chi connectivity index (χ3n) is 4.28. The minimum atomic E-state index is 0.0141. The second kappa shape index (κ2) is 5.65. The molecule has 2 aliphatic heterocycles. The van der Waals surface area contributed by atoms with Crippen LogP contribution in [0.3, 0.4) is 0 Å². The molecule has 0 spiro atoms. The maximum Gasteiger partial charge on any atom is 0.264 e. The first-order chi connectivity index (χ1) is 11.1. The van der Waals surface area contributed by atoms with Crippen molar-refractivity contribution in [1.29, 1.82) is 0 Å². The molecule has 0 unspecified atom stereocenters. The van der Waals surface area contributed by atoms with Crippen molar-refractivity contribution < 1.29 is 9.59 Å². The Kier molecular flexibility index (Phi) is 3.61. The minimum Gasteiger partial charge on any atom is -0.334 e. The molecule has 2 amide bonds. The highest BCUT2D eigenvalue weighted by Gasteiger charge is 2.34. The maximum atomic E-state index is 12.3. The quantitative estimate of drug-likeness (QED) is 0.854. The number of rotatable bonds is 3. The van der Waals surface area contributed by atoms with E-state index in [1.165, 1.54) is 11.3 Å². The number of thiophene rings is 1. The summed E-state index contributed by atoms with van der Waals surface area (Å²) in [6.45, 7) is 2.02. The Balaban J connectivity index is 1.39. The molecule has 0 bridgehead atoms. The lowest BCUT2D eigenvalue weighted by atomic mass is 10.1. The molecule has 2 saturated heterocycles. The maximum absolute atomic E-state index is 12.3. The van der Waals surface area contributed by atoms with Crippen LogP contribution in [0.5, 0.6) is 0 Å². The van der Waals surface area contributed by atoms with Gasteiger partial charge in [0.15, 0.2) is 0 Å². The molecule has 0 atom stereocenters. The number of halogens is 1. The van der Waals surface area contributed by atoms with Crippen LogP contribution in [0, 0.1) is 0 Å². The number of hydrogen-bond donors (Lipinski definition) is 0. The van der Waals surface area contributed by atoms with E-state index < -0.39 is 0 Å². The fraction of sp³-hybridized carbons (Fsp3) is 0.400. The summed E-state index contributed by atoms with van der Waals surface area (Å²) in [5, 5.41) is 4.35. The van der Waals surface area contributed by atoms with Gasteiger partial charge in [-0.1, -0.05) is 11.6 Å². The van der Waals surface area contributed by atoms with Crippen molar-refractivity contribution in [1.82, 2.24) is 14.7 Å². The van der Waals surface area contributed by atoms with Crippen molar-refractivity contribution in [2.75, 3.05) is 24.5 Å². The van der Waals surface area contributed by atoms with Crippen LogP contribution < -0.4 is 4.90 Å². The summed E-state index contributed by atoms with van der Waals surface area (Å²) in [5.41, 5.74) is 0.849. The lowest BCUT2D eigenvalue weighted by Crippen LogP contribution is -2.50. The third kappa shape index (κ3) is 2.64. The zero-order valence-electron chi connectivity index (χ0n) is 12.3. The monoisotopic (exact) mass is 350 g/mol. The molecule has 120 valence electrons. The highest BCUT2D eigenvalue weighted by atomic mass is 35.5. The molecule has 2 fully saturated rings. The zero-order chi connectivity index (χ0) is 16.0. The van der Waals surface area contributed by atoms with Gasteiger partial charge in [-0.3, -0.25) is 14.3 Å². The van der Waals surface area contributed by atoms with Gasteiger partial charge in [-0.25, -0.2) is 0 Å². The second-order valence-corrected chi connectivity index (χ2v) is 7.51. The Bertz CT molecular complexity index is 765. The first kappa shape index (κ1) is 14.7. The molecule has 6 nitrogen and oxygen atoms in total. The number of amides is 2. The number of nitrogens with zero attached hydrogens (tertiary/aromatic N) is 4. The minimum absolute atomic E-state index is 0.0141. The zero-order valence-corrected chi connectivity index (χ0v) is 13.9. The van der Waals surface area contributed by atoms with Gasteiger partial charge in [-0.2, -0.15) is 5.10 Å². The molecule has 4 rings (SSSR count). The Morgan fingerprint density at radius 2 is 2.17 bits per heavy atom. The highest BCUT2D eigenvalue weighted by molar-refractivity contribution is 7.17. The molecule has 4 heterocycles. The van der Waals surface area contributed by atoms with Crippen LogP contribution >= 0.6 is 22.9 Å². The smallest absolute Gasteiger partial charge is 0.264 e. The predicted molar refractivity (Wildman–Crippen MR) is 88.1 cm³/mol. The van der Waals surface area contributed by atoms with E-state index in [4.69, 9.17) is 11.6 Å². The fourth-order valence-electron chi connectivity index (χ4n) is 2.96. The summed E-state index contributed by atoms with van der Waals surface area (Å²) in [6.07, 6.45) is 5.14. The van der Waals surface area contributed by atoms with Crippen LogP contribution in [-0.4, -0.2) is 46.1 Å². The number of carbonyl (C=O) groups is 2. The largest absolute Gasteiger partial charge is 0.334 e. The number of hydrogen-bond acceptors (Lipinski definition) is 4. The second-order valence-electron chi connectivity index (χ2n) is 5.80. The fourth-order valence-corrected chi connectivity index (χ4v) is 3.97. The lowest BCUT2D eigenvalue weighted by molar-refractivity contribution is -0.117. The molecule has 8 heteroatoms. The summed E-state index contributed by atoms with van der Waals surface area (Å²) in [6, 6.07) is 3.66. The first-order valence-electron chi connectivity index (χ1n) is 7.51. The molecule has 0 radical (unpaired) electrons. The predicted octanol–water partition coefficient (Wildman–Crippen LogP) is 2.42. The van der Waals surface area contributed by atoms with Crippen molar-refractivity contribution in [2.45, 2.75) is 18.9 Å². The summed E-state index contributed by atoms with van der Waals surface area (Å²) in [7, 11) is 0. The van der Waals surface area contributed by atoms with E-state index in [0.717, 1.165) is 18.7 Å². The average Bonchev–Trinajstić information content (AvgIpc) is 3.18. The molecule has 0 aliphatic carbocycles. The lowest BCUT2D eigenvalue weighted by Gasteiger charge is -2.38. The van der Waals surface area contributed by atoms with Crippen molar-refractivity contribution in [3.8, 4) is 0 Å².